The summed E-state index contributed by atoms with van der Waals surface area (Å²) in [6, 6.07) is 16.4. The summed E-state index contributed by atoms with van der Waals surface area (Å²) in [6.45, 7) is 2.42. The average molecular weight is 358 g/mol. The maximum absolute atomic E-state index is 13.0. The van der Waals surface area contributed by atoms with Crippen molar-refractivity contribution in [2.24, 2.45) is 0 Å². The number of aryl methyl sites for hydroxylation is 1. The summed E-state index contributed by atoms with van der Waals surface area (Å²) < 4.78 is 1.36. The Kier molecular flexibility index (Phi) is 4.38. The first-order valence-corrected chi connectivity index (χ1v) is 8.84. The third kappa shape index (κ3) is 3.06. The molecule has 0 saturated carbocycles. The van der Waals surface area contributed by atoms with Crippen LogP contribution in [0.4, 0.5) is 5.69 Å². The van der Waals surface area contributed by atoms with Gasteiger partial charge in [0.1, 0.15) is 0 Å². The molecular formula is C21H18N4O2. The number of benzene rings is 2. The van der Waals surface area contributed by atoms with Crippen molar-refractivity contribution in [3.8, 4) is 0 Å². The van der Waals surface area contributed by atoms with Crippen LogP contribution in [0.5, 0.6) is 0 Å². The summed E-state index contributed by atoms with van der Waals surface area (Å²) in [5, 5.41) is 9.21. The molecule has 0 bridgehead atoms. The Morgan fingerprint density at radius 1 is 1.04 bits per heavy atom. The summed E-state index contributed by atoms with van der Waals surface area (Å²) in [7, 11) is 0. The highest BCUT2D eigenvalue weighted by molar-refractivity contribution is 6.13. The van der Waals surface area contributed by atoms with Gasteiger partial charge in [-0.05, 0) is 24.6 Å². The molecule has 0 atom stereocenters. The summed E-state index contributed by atoms with van der Waals surface area (Å²) in [5.74, 6) is -0.366. The number of carbonyl (C=O) groups excluding carboxylic acids is 1. The van der Waals surface area contributed by atoms with Gasteiger partial charge in [0.05, 0.1) is 16.6 Å². The van der Waals surface area contributed by atoms with Gasteiger partial charge < -0.3 is 5.32 Å². The van der Waals surface area contributed by atoms with Crippen LogP contribution in [0.3, 0.4) is 0 Å². The Labute approximate surface area is 155 Å². The van der Waals surface area contributed by atoms with E-state index in [0.29, 0.717) is 28.5 Å². The number of anilines is 1. The van der Waals surface area contributed by atoms with Crippen molar-refractivity contribution in [1.82, 2.24) is 14.8 Å². The van der Waals surface area contributed by atoms with Crippen LogP contribution in [0.15, 0.2) is 65.6 Å². The SMILES string of the molecule is CCCn1nc(C(=O)Nc2cccc3cccnc23)c2ccccc2c1=O. The van der Waals surface area contributed by atoms with Gasteiger partial charge in [0.25, 0.3) is 11.5 Å². The molecule has 0 unspecified atom stereocenters. The highest BCUT2D eigenvalue weighted by atomic mass is 16.2. The van der Waals surface area contributed by atoms with Crippen molar-refractivity contribution >= 4 is 33.3 Å². The average Bonchev–Trinajstić information content (AvgIpc) is 2.70. The van der Waals surface area contributed by atoms with Crippen molar-refractivity contribution in [3.05, 3.63) is 76.8 Å². The topological polar surface area (TPSA) is 76.9 Å². The molecule has 0 saturated heterocycles. The van der Waals surface area contributed by atoms with Crippen molar-refractivity contribution in [3.63, 3.8) is 0 Å². The van der Waals surface area contributed by atoms with Gasteiger partial charge in [0, 0.05) is 23.5 Å². The molecule has 0 aliphatic carbocycles. The van der Waals surface area contributed by atoms with Gasteiger partial charge in [-0.3, -0.25) is 14.6 Å². The minimum atomic E-state index is -0.366. The van der Waals surface area contributed by atoms with Gasteiger partial charge in [0.15, 0.2) is 5.69 Å². The van der Waals surface area contributed by atoms with E-state index >= 15 is 0 Å². The molecular weight excluding hydrogens is 340 g/mol. The molecule has 0 radical (unpaired) electrons. The van der Waals surface area contributed by atoms with Crippen molar-refractivity contribution in [2.75, 3.05) is 5.32 Å². The monoisotopic (exact) mass is 358 g/mol. The number of pyridine rings is 1. The zero-order valence-electron chi connectivity index (χ0n) is 14.8. The first-order valence-electron chi connectivity index (χ1n) is 8.84. The maximum atomic E-state index is 13.0. The van der Waals surface area contributed by atoms with Gasteiger partial charge in [-0.25, -0.2) is 4.68 Å². The lowest BCUT2D eigenvalue weighted by Crippen LogP contribution is -2.27. The summed E-state index contributed by atoms with van der Waals surface area (Å²) >= 11 is 0. The molecule has 2 aromatic carbocycles. The molecule has 4 aromatic rings. The van der Waals surface area contributed by atoms with E-state index < -0.39 is 0 Å². The Morgan fingerprint density at radius 3 is 2.63 bits per heavy atom. The Hall–Kier alpha value is -3.54. The van der Waals surface area contributed by atoms with E-state index in [-0.39, 0.29) is 17.2 Å². The fraction of sp³-hybridized carbons (Fsp3) is 0.143. The lowest BCUT2D eigenvalue weighted by Gasteiger charge is -2.11. The number of carbonyl (C=O) groups is 1. The number of hydrogen-bond donors (Lipinski definition) is 1. The molecule has 1 amide bonds. The van der Waals surface area contributed by atoms with E-state index in [0.717, 1.165) is 11.8 Å². The van der Waals surface area contributed by atoms with Crippen LogP contribution >= 0.6 is 0 Å². The third-order valence-corrected chi connectivity index (χ3v) is 4.40. The fourth-order valence-electron chi connectivity index (χ4n) is 3.15. The molecule has 0 aliphatic heterocycles. The Morgan fingerprint density at radius 2 is 1.81 bits per heavy atom. The van der Waals surface area contributed by atoms with Gasteiger partial charge >= 0.3 is 0 Å². The molecule has 27 heavy (non-hydrogen) atoms. The number of nitrogens with zero attached hydrogens (tertiary/aromatic N) is 3. The zero-order chi connectivity index (χ0) is 18.8. The van der Waals surface area contributed by atoms with E-state index in [1.807, 2.05) is 31.2 Å². The molecule has 0 aliphatic rings. The smallest absolute Gasteiger partial charge is 0.276 e. The number of aromatic nitrogens is 3. The second-order valence-electron chi connectivity index (χ2n) is 6.26. The molecule has 6 heteroatoms. The van der Waals surface area contributed by atoms with E-state index in [1.54, 1.807) is 36.5 Å². The van der Waals surface area contributed by atoms with Crippen LogP contribution in [-0.2, 0) is 6.54 Å². The first kappa shape index (κ1) is 16.9. The van der Waals surface area contributed by atoms with Crippen LogP contribution in [0.2, 0.25) is 0 Å². The highest BCUT2D eigenvalue weighted by Crippen LogP contribution is 2.22. The largest absolute Gasteiger partial charge is 0.319 e. The lowest BCUT2D eigenvalue weighted by atomic mass is 10.1. The number of rotatable bonds is 4. The number of hydrogen-bond acceptors (Lipinski definition) is 4. The third-order valence-electron chi connectivity index (χ3n) is 4.40. The van der Waals surface area contributed by atoms with Crippen LogP contribution in [0.25, 0.3) is 21.7 Å². The first-order chi connectivity index (χ1) is 13.2. The van der Waals surface area contributed by atoms with Gasteiger partial charge in [-0.15, -0.1) is 0 Å². The summed E-state index contributed by atoms with van der Waals surface area (Å²) in [5.41, 5.74) is 1.36. The zero-order valence-corrected chi connectivity index (χ0v) is 14.8. The second kappa shape index (κ2) is 6.99. The predicted octanol–water partition coefficient (Wildman–Crippen LogP) is 3.61. The van der Waals surface area contributed by atoms with E-state index in [4.69, 9.17) is 0 Å². The van der Waals surface area contributed by atoms with Crippen molar-refractivity contribution in [2.45, 2.75) is 19.9 Å². The maximum Gasteiger partial charge on any atom is 0.276 e. The normalized spacial score (nSPS) is 11.0. The lowest BCUT2D eigenvalue weighted by molar-refractivity contribution is 0.102. The van der Waals surface area contributed by atoms with Crippen molar-refractivity contribution < 1.29 is 4.79 Å². The molecule has 0 spiro atoms. The molecule has 2 heterocycles. The molecule has 1 N–H and O–H groups in total. The Balaban J connectivity index is 1.83. The van der Waals surface area contributed by atoms with Crippen LogP contribution < -0.4 is 10.9 Å². The van der Waals surface area contributed by atoms with Crippen LogP contribution in [0.1, 0.15) is 23.8 Å². The van der Waals surface area contributed by atoms with Gasteiger partial charge in [-0.2, -0.15) is 5.10 Å². The number of amides is 1. The van der Waals surface area contributed by atoms with Gasteiger partial charge in [0.2, 0.25) is 0 Å². The molecule has 6 nitrogen and oxygen atoms in total. The van der Waals surface area contributed by atoms with E-state index in [1.165, 1.54) is 4.68 Å². The van der Waals surface area contributed by atoms with Crippen molar-refractivity contribution in [1.29, 1.82) is 0 Å². The summed E-state index contributed by atoms with van der Waals surface area (Å²) in [4.78, 5) is 30.0. The second-order valence-corrected chi connectivity index (χ2v) is 6.26. The molecule has 134 valence electrons. The number of para-hydroxylation sites is 1. The number of nitrogens with one attached hydrogen (secondary N) is 1. The molecule has 4 rings (SSSR count). The minimum Gasteiger partial charge on any atom is -0.319 e. The standard InChI is InChI=1S/C21H18N4O2/c1-2-13-25-21(27)16-10-4-3-9-15(16)19(24-25)20(26)23-17-11-5-7-14-8-6-12-22-18(14)17/h3-12H,2,13H2,1H3,(H,23,26). The van der Waals surface area contributed by atoms with E-state index in [2.05, 4.69) is 15.4 Å². The molecule has 0 fully saturated rings. The fourth-order valence-corrected chi connectivity index (χ4v) is 3.15. The van der Waals surface area contributed by atoms with Crippen LogP contribution in [-0.4, -0.2) is 20.7 Å². The summed E-state index contributed by atoms with van der Waals surface area (Å²) in [6.07, 6.45) is 2.44. The molecule has 2 aromatic heterocycles. The quantitative estimate of drug-likeness (QED) is 0.605. The number of fused-ring (bicyclic) bond motifs is 2. The van der Waals surface area contributed by atoms with Crippen LogP contribution in [0, 0.1) is 0 Å². The van der Waals surface area contributed by atoms with Gasteiger partial charge in [-0.1, -0.05) is 43.3 Å². The van der Waals surface area contributed by atoms with E-state index in [9.17, 15) is 9.59 Å². The minimum absolute atomic E-state index is 0.184. The predicted molar refractivity (Wildman–Crippen MR) is 106 cm³/mol. The highest BCUT2D eigenvalue weighted by Gasteiger charge is 2.17. The Bertz CT molecular complexity index is 1210.